The Morgan fingerprint density at radius 3 is 1.86 bits per heavy atom. The van der Waals surface area contributed by atoms with Crippen molar-refractivity contribution in [2.75, 3.05) is 6.61 Å². The summed E-state index contributed by atoms with van der Waals surface area (Å²) in [6.45, 7) is 17.6. The lowest BCUT2D eigenvalue weighted by Gasteiger charge is -2.38. The first-order valence-electron chi connectivity index (χ1n) is 8.41. The summed E-state index contributed by atoms with van der Waals surface area (Å²) in [5.74, 6) is 0.140. The van der Waals surface area contributed by atoms with Crippen molar-refractivity contribution in [3.63, 3.8) is 0 Å². The Balaban J connectivity index is 4.98. The molecule has 0 aromatic heterocycles. The van der Waals surface area contributed by atoms with Crippen molar-refractivity contribution in [2.45, 2.75) is 85.2 Å². The molecule has 0 aromatic carbocycles. The van der Waals surface area contributed by atoms with Gasteiger partial charge in [-0.05, 0) is 38.9 Å². The molecule has 3 nitrogen and oxygen atoms in total. The molecule has 0 N–H and O–H groups in total. The molecular weight excluding hydrogens is 280 g/mol. The number of aldehydes is 1. The average Bonchev–Trinajstić information content (AvgIpc) is 2.45. The topological polar surface area (TPSA) is 35.5 Å². The first kappa shape index (κ1) is 20.8. The largest absolute Gasteiger partial charge is 0.413 e. The van der Waals surface area contributed by atoms with Gasteiger partial charge in [0.1, 0.15) is 6.29 Å². The molecule has 126 valence electrons. The number of ether oxygens (including phenoxy) is 1. The second kappa shape index (κ2) is 9.06. The first-order chi connectivity index (χ1) is 9.64. The van der Waals surface area contributed by atoms with E-state index in [1.165, 1.54) is 0 Å². The second-order valence-electron chi connectivity index (χ2n) is 7.22. The minimum Gasteiger partial charge on any atom is -0.413 e. The van der Waals surface area contributed by atoms with Crippen LogP contribution in [0, 0.1) is 11.8 Å². The molecule has 0 fully saturated rings. The van der Waals surface area contributed by atoms with E-state index < -0.39 is 8.32 Å². The Morgan fingerprint density at radius 2 is 1.52 bits per heavy atom. The first-order valence-corrected chi connectivity index (χ1v) is 10.9. The number of carbonyl (C=O) groups excluding carboxylic acids is 1. The Kier molecular flexibility index (Phi) is 8.98. The van der Waals surface area contributed by atoms with E-state index in [1.54, 1.807) is 0 Å². The van der Waals surface area contributed by atoms with E-state index in [0.29, 0.717) is 6.61 Å². The number of rotatable bonds is 10. The summed E-state index contributed by atoms with van der Waals surface area (Å²) in [6.07, 6.45) is 0.995. The molecule has 0 aliphatic heterocycles. The predicted octanol–water partition coefficient (Wildman–Crippen LogP) is 4.66. The van der Waals surface area contributed by atoms with Crippen molar-refractivity contribution in [1.29, 1.82) is 0 Å². The van der Waals surface area contributed by atoms with E-state index in [0.717, 1.165) is 24.4 Å². The van der Waals surface area contributed by atoms with Crippen molar-refractivity contribution < 1.29 is 14.0 Å². The van der Waals surface area contributed by atoms with Gasteiger partial charge in [-0.15, -0.1) is 0 Å². The number of hydrogen-bond acceptors (Lipinski definition) is 3. The third-order valence-electron chi connectivity index (χ3n) is 4.39. The average molecular weight is 317 g/mol. The van der Waals surface area contributed by atoms with Crippen LogP contribution in [0.15, 0.2) is 0 Å². The predicted molar refractivity (Wildman–Crippen MR) is 92.2 cm³/mol. The highest BCUT2D eigenvalue weighted by atomic mass is 28.4. The molecule has 0 unspecified atom stereocenters. The SMILES string of the molecule is CC[Si](CC)(CC)O[C@H]([C@H](C)COC(C)(C)C)[C@@H](C)C=O. The van der Waals surface area contributed by atoms with Gasteiger partial charge in [-0.3, -0.25) is 0 Å². The lowest BCUT2D eigenvalue weighted by Crippen LogP contribution is -2.46. The molecule has 0 bridgehead atoms. The van der Waals surface area contributed by atoms with Crippen LogP contribution < -0.4 is 0 Å². The van der Waals surface area contributed by atoms with E-state index in [1.807, 2.05) is 6.92 Å². The summed E-state index contributed by atoms with van der Waals surface area (Å²) in [7, 11) is -1.71. The maximum atomic E-state index is 11.3. The van der Waals surface area contributed by atoms with Crippen LogP contribution in [-0.2, 0) is 14.0 Å². The third kappa shape index (κ3) is 7.07. The Hall–Kier alpha value is -0.193. The normalized spacial score (nSPS) is 17.3. The Morgan fingerprint density at radius 1 is 1.05 bits per heavy atom. The van der Waals surface area contributed by atoms with Crippen LogP contribution >= 0.6 is 0 Å². The second-order valence-corrected chi connectivity index (χ2v) is 11.9. The van der Waals surface area contributed by atoms with E-state index in [-0.39, 0.29) is 23.5 Å². The van der Waals surface area contributed by atoms with Gasteiger partial charge in [0.05, 0.1) is 18.3 Å². The van der Waals surface area contributed by atoms with Crippen LogP contribution in [-0.4, -0.2) is 32.9 Å². The van der Waals surface area contributed by atoms with Gasteiger partial charge >= 0.3 is 0 Å². The molecule has 4 heteroatoms. The van der Waals surface area contributed by atoms with Crippen molar-refractivity contribution in [2.24, 2.45) is 11.8 Å². The summed E-state index contributed by atoms with van der Waals surface area (Å²) in [5.41, 5.74) is -0.155. The number of carbonyl (C=O) groups is 1. The third-order valence-corrected chi connectivity index (χ3v) is 9.03. The standard InChI is InChI=1S/C17H36O3Si/c1-9-21(10-2,11-3)20-16(14(4)12-18)15(5)13-19-17(6,7)8/h12,14-16H,9-11,13H2,1-8H3/t14-,15+,16-/m0/s1. The van der Waals surface area contributed by atoms with Gasteiger partial charge in [0.15, 0.2) is 8.32 Å². The molecule has 0 aliphatic rings. The van der Waals surface area contributed by atoms with Crippen LogP contribution in [0.5, 0.6) is 0 Å². The molecule has 3 atom stereocenters. The quantitative estimate of drug-likeness (QED) is 0.434. The summed E-state index contributed by atoms with van der Waals surface area (Å²) in [4.78, 5) is 11.3. The van der Waals surface area contributed by atoms with Gasteiger partial charge in [0.2, 0.25) is 0 Å². The van der Waals surface area contributed by atoms with Crippen LogP contribution in [0.25, 0.3) is 0 Å². The molecule has 0 spiro atoms. The molecule has 21 heavy (non-hydrogen) atoms. The van der Waals surface area contributed by atoms with Crippen LogP contribution in [0.3, 0.4) is 0 Å². The molecule has 0 radical (unpaired) electrons. The van der Waals surface area contributed by atoms with E-state index in [9.17, 15) is 4.79 Å². The smallest absolute Gasteiger partial charge is 0.192 e. The molecule has 0 saturated carbocycles. The van der Waals surface area contributed by atoms with Crippen LogP contribution in [0.4, 0.5) is 0 Å². The highest BCUT2D eigenvalue weighted by Gasteiger charge is 2.36. The minimum atomic E-state index is -1.71. The zero-order valence-corrected chi connectivity index (χ0v) is 16.4. The summed E-state index contributed by atoms with van der Waals surface area (Å²) >= 11 is 0. The fourth-order valence-electron chi connectivity index (χ4n) is 2.58. The van der Waals surface area contributed by atoms with Gasteiger partial charge in [-0.25, -0.2) is 0 Å². The van der Waals surface area contributed by atoms with Crippen LogP contribution in [0.1, 0.15) is 55.4 Å². The number of hydrogen-bond donors (Lipinski definition) is 0. The maximum absolute atomic E-state index is 11.3. The fourth-order valence-corrected chi connectivity index (χ4v) is 5.61. The van der Waals surface area contributed by atoms with Crippen molar-refractivity contribution in [3.05, 3.63) is 0 Å². The van der Waals surface area contributed by atoms with Gasteiger partial charge < -0.3 is 14.0 Å². The van der Waals surface area contributed by atoms with Gasteiger partial charge in [0.25, 0.3) is 0 Å². The zero-order valence-electron chi connectivity index (χ0n) is 15.4. The lowest BCUT2D eigenvalue weighted by atomic mass is 9.95. The molecule has 0 aromatic rings. The van der Waals surface area contributed by atoms with Gasteiger partial charge in [-0.1, -0.05) is 34.6 Å². The van der Waals surface area contributed by atoms with Crippen molar-refractivity contribution in [1.82, 2.24) is 0 Å². The highest BCUT2D eigenvalue weighted by Crippen LogP contribution is 2.29. The molecule has 0 rings (SSSR count). The van der Waals surface area contributed by atoms with Gasteiger partial charge in [0, 0.05) is 11.8 Å². The van der Waals surface area contributed by atoms with E-state index in [4.69, 9.17) is 9.16 Å². The highest BCUT2D eigenvalue weighted by molar-refractivity contribution is 6.73. The summed E-state index contributed by atoms with van der Waals surface area (Å²) in [6, 6.07) is 3.32. The van der Waals surface area contributed by atoms with Gasteiger partial charge in [-0.2, -0.15) is 0 Å². The monoisotopic (exact) mass is 316 g/mol. The van der Waals surface area contributed by atoms with Crippen molar-refractivity contribution in [3.8, 4) is 0 Å². The zero-order chi connectivity index (χ0) is 16.7. The Labute approximate surface area is 132 Å². The maximum Gasteiger partial charge on any atom is 0.192 e. The van der Waals surface area contributed by atoms with E-state index in [2.05, 4.69) is 48.5 Å². The minimum absolute atomic E-state index is 0.0311. The molecule has 0 heterocycles. The fraction of sp³-hybridized carbons (Fsp3) is 0.941. The lowest BCUT2D eigenvalue weighted by molar-refractivity contribution is -0.115. The molecule has 0 saturated heterocycles. The van der Waals surface area contributed by atoms with E-state index >= 15 is 0 Å². The van der Waals surface area contributed by atoms with Crippen LogP contribution in [0.2, 0.25) is 18.1 Å². The molecular formula is C17H36O3Si. The molecule has 0 aliphatic carbocycles. The Bertz CT molecular complexity index is 287. The summed E-state index contributed by atoms with van der Waals surface area (Å²) < 4.78 is 12.5. The van der Waals surface area contributed by atoms with Crippen molar-refractivity contribution >= 4 is 14.6 Å². The summed E-state index contributed by atoms with van der Waals surface area (Å²) in [5, 5.41) is 0. The molecule has 0 amide bonds.